The van der Waals surface area contributed by atoms with Gasteiger partial charge in [0, 0.05) is 31.8 Å². The Labute approximate surface area is 134 Å². The van der Waals surface area contributed by atoms with E-state index in [0.29, 0.717) is 12.2 Å². The highest BCUT2D eigenvalue weighted by molar-refractivity contribution is 6.02. The molecule has 8 nitrogen and oxygen atoms in total. The molecule has 8 heteroatoms. The van der Waals surface area contributed by atoms with Crippen molar-refractivity contribution in [3.8, 4) is 0 Å². The van der Waals surface area contributed by atoms with Crippen LogP contribution >= 0.6 is 0 Å². The predicted octanol–water partition coefficient (Wildman–Crippen LogP) is 1.06. The zero-order valence-electron chi connectivity index (χ0n) is 13.0. The van der Waals surface area contributed by atoms with E-state index in [1.165, 1.54) is 12.1 Å². The van der Waals surface area contributed by atoms with Crippen molar-refractivity contribution in [2.45, 2.75) is 19.8 Å². The van der Waals surface area contributed by atoms with Crippen LogP contribution in [0.25, 0.3) is 0 Å². The van der Waals surface area contributed by atoms with Gasteiger partial charge >= 0.3 is 0 Å². The van der Waals surface area contributed by atoms with E-state index in [0.717, 1.165) is 25.9 Å². The fourth-order valence-corrected chi connectivity index (χ4v) is 2.57. The number of nitro benzene ring substituents is 1. The Kier molecular flexibility index (Phi) is 5.51. The molecule has 1 aromatic carbocycles. The molecule has 0 radical (unpaired) electrons. The van der Waals surface area contributed by atoms with Gasteiger partial charge < -0.3 is 15.5 Å². The molecule has 0 unspecified atom stereocenters. The number of anilines is 1. The van der Waals surface area contributed by atoms with Gasteiger partial charge in [0.15, 0.2) is 0 Å². The van der Waals surface area contributed by atoms with Crippen LogP contribution in [0.15, 0.2) is 18.2 Å². The average Bonchev–Trinajstić information content (AvgIpc) is 3.06. The maximum Gasteiger partial charge on any atom is 0.270 e. The van der Waals surface area contributed by atoms with Crippen LogP contribution in [0, 0.1) is 10.1 Å². The van der Waals surface area contributed by atoms with Crippen molar-refractivity contribution in [3.05, 3.63) is 33.9 Å². The minimum absolute atomic E-state index is 0.142. The predicted molar refractivity (Wildman–Crippen MR) is 85.6 cm³/mol. The highest BCUT2D eigenvalue weighted by atomic mass is 16.6. The van der Waals surface area contributed by atoms with Crippen LogP contribution in [0.4, 0.5) is 11.4 Å². The number of rotatable bonds is 6. The summed E-state index contributed by atoms with van der Waals surface area (Å²) in [6.07, 6.45) is 2.05. The van der Waals surface area contributed by atoms with Crippen LogP contribution in [0.5, 0.6) is 0 Å². The number of amides is 2. The second-order valence-electron chi connectivity index (χ2n) is 5.29. The zero-order valence-corrected chi connectivity index (χ0v) is 13.0. The molecule has 1 aliphatic heterocycles. The molecular weight excluding hydrogens is 300 g/mol. The normalized spacial score (nSPS) is 13.7. The fraction of sp³-hybridized carbons (Fsp3) is 0.467. The Morgan fingerprint density at radius 1 is 1.26 bits per heavy atom. The van der Waals surface area contributed by atoms with E-state index in [1.807, 2.05) is 4.90 Å². The van der Waals surface area contributed by atoms with Crippen LogP contribution in [-0.2, 0) is 4.79 Å². The lowest BCUT2D eigenvalue weighted by molar-refractivity contribution is -0.384. The van der Waals surface area contributed by atoms with Gasteiger partial charge in [0.2, 0.25) is 5.91 Å². The number of hydrogen-bond donors (Lipinski definition) is 2. The standard InChI is InChI=1S/C15H20N4O4/c1-2-16-14(20)10-17-15(21)12-9-11(19(22)23)5-6-13(12)18-7-3-4-8-18/h5-6,9H,2-4,7-8,10H2,1H3,(H,16,20)(H,17,21). The third kappa shape index (κ3) is 4.18. The lowest BCUT2D eigenvalue weighted by Gasteiger charge is -2.20. The lowest BCUT2D eigenvalue weighted by Crippen LogP contribution is -2.37. The number of nitro groups is 1. The van der Waals surface area contributed by atoms with E-state index in [4.69, 9.17) is 0 Å². The lowest BCUT2D eigenvalue weighted by atomic mass is 10.1. The second-order valence-corrected chi connectivity index (χ2v) is 5.29. The number of carbonyl (C=O) groups excluding carboxylic acids is 2. The van der Waals surface area contributed by atoms with Gasteiger partial charge in [-0.3, -0.25) is 19.7 Å². The van der Waals surface area contributed by atoms with Gasteiger partial charge in [-0.2, -0.15) is 0 Å². The summed E-state index contributed by atoms with van der Waals surface area (Å²) in [5.41, 5.74) is 0.753. The van der Waals surface area contributed by atoms with Crippen LogP contribution in [0.3, 0.4) is 0 Å². The van der Waals surface area contributed by atoms with Gasteiger partial charge in [-0.05, 0) is 25.8 Å². The molecular formula is C15H20N4O4. The van der Waals surface area contributed by atoms with Crippen molar-refractivity contribution in [2.24, 2.45) is 0 Å². The molecule has 0 saturated carbocycles. The third-order valence-corrected chi connectivity index (χ3v) is 3.67. The van der Waals surface area contributed by atoms with Crippen LogP contribution in [-0.4, -0.2) is 42.9 Å². The quantitative estimate of drug-likeness (QED) is 0.602. The fourth-order valence-electron chi connectivity index (χ4n) is 2.57. The topological polar surface area (TPSA) is 105 Å². The molecule has 0 aliphatic carbocycles. The molecule has 0 bridgehead atoms. The molecule has 0 spiro atoms. The molecule has 124 valence electrons. The Morgan fingerprint density at radius 2 is 1.96 bits per heavy atom. The first kappa shape index (κ1) is 16.7. The van der Waals surface area contributed by atoms with Crippen molar-refractivity contribution in [1.82, 2.24) is 10.6 Å². The molecule has 1 saturated heterocycles. The first-order valence-corrected chi connectivity index (χ1v) is 7.61. The summed E-state index contributed by atoms with van der Waals surface area (Å²) in [5, 5.41) is 16.0. The van der Waals surface area contributed by atoms with E-state index < -0.39 is 10.8 Å². The van der Waals surface area contributed by atoms with Crippen LogP contribution < -0.4 is 15.5 Å². The summed E-state index contributed by atoms with van der Waals surface area (Å²) < 4.78 is 0. The second kappa shape index (κ2) is 7.57. The molecule has 1 fully saturated rings. The van der Waals surface area contributed by atoms with Crippen molar-refractivity contribution < 1.29 is 14.5 Å². The zero-order chi connectivity index (χ0) is 16.8. The van der Waals surface area contributed by atoms with Gasteiger partial charge in [0.1, 0.15) is 0 Å². The number of non-ortho nitro benzene ring substituents is 1. The summed E-state index contributed by atoms with van der Waals surface area (Å²) in [5.74, 6) is -0.782. The molecule has 23 heavy (non-hydrogen) atoms. The van der Waals surface area contributed by atoms with Gasteiger partial charge in [0.25, 0.3) is 11.6 Å². The van der Waals surface area contributed by atoms with Crippen molar-refractivity contribution in [1.29, 1.82) is 0 Å². The molecule has 1 aromatic rings. The summed E-state index contributed by atoms with van der Waals surface area (Å²) in [6, 6.07) is 4.26. The smallest absolute Gasteiger partial charge is 0.270 e. The van der Waals surface area contributed by atoms with Gasteiger partial charge in [-0.15, -0.1) is 0 Å². The highest BCUT2D eigenvalue weighted by Gasteiger charge is 2.22. The summed E-state index contributed by atoms with van der Waals surface area (Å²) >= 11 is 0. The largest absolute Gasteiger partial charge is 0.371 e. The Morgan fingerprint density at radius 3 is 2.57 bits per heavy atom. The number of benzene rings is 1. The molecule has 2 N–H and O–H groups in total. The molecule has 0 atom stereocenters. The van der Waals surface area contributed by atoms with E-state index in [9.17, 15) is 19.7 Å². The van der Waals surface area contributed by atoms with Crippen molar-refractivity contribution in [2.75, 3.05) is 31.1 Å². The molecule has 1 heterocycles. The maximum atomic E-state index is 12.4. The van der Waals surface area contributed by atoms with Gasteiger partial charge in [-0.25, -0.2) is 0 Å². The van der Waals surface area contributed by atoms with E-state index in [2.05, 4.69) is 10.6 Å². The number of nitrogens with one attached hydrogen (secondary N) is 2. The van der Waals surface area contributed by atoms with Crippen LogP contribution in [0.2, 0.25) is 0 Å². The number of hydrogen-bond acceptors (Lipinski definition) is 5. The Hall–Kier alpha value is -2.64. The van der Waals surface area contributed by atoms with Crippen LogP contribution in [0.1, 0.15) is 30.1 Å². The molecule has 2 amide bonds. The first-order valence-electron chi connectivity index (χ1n) is 7.61. The van der Waals surface area contributed by atoms with E-state index in [-0.39, 0.29) is 23.7 Å². The van der Waals surface area contributed by atoms with Crippen molar-refractivity contribution in [3.63, 3.8) is 0 Å². The molecule has 1 aliphatic rings. The summed E-state index contributed by atoms with van der Waals surface area (Å²) in [6.45, 7) is 3.73. The van der Waals surface area contributed by atoms with E-state index >= 15 is 0 Å². The third-order valence-electron chi connectivity index (χ3n) is 3.67. The summed E-state index contributed by atoms with van der Waals surface area (Å²) in [7, 11) is 0. The maximum absolute atomic E-state index is 12.4. The minimum atomic E-state index is -0.533. The monoisotopic (exact) mass is 320 g/mol. The first-order chi connectivity index (χ1) is 11.0. The SMILES string of the molecule is CCNC(=O)CNC(=O)c1cc([N+](=O)[O-])ccc1N1CCCC1. The average molecular weight is 320 g/mol. The molecule has 2 rings (SSSR count). The Bertz CT molecular complexity index is 611. The number of likely N-dealkylation sites (N-methyl/N-ethyl adjacent to an activating group) is 1. The highest BCUT2D eigenvalue weighted by Crippen LogP contribution is 2.28. The Balaban J connectivity index is 2.22. The van der Waals surface area contributed by atoms with Gasteiger partial charge in [-0.1, -0.05) is 0 Å². The molecule has 0 aromatic heterocycles. The number of carbonyl (C=O) groups is 2. The number of nitrogens with zero attached hydrogens (tertiary/aromatic N) is 2. The van der Waals surface area contributed by atoms with Gasteiger partial charge in [0.05, 0.1) is 22.7 Å². The summed E-state index contributed by atoms with van der Waals surface area (Å²) in [4.78, 5) is 36.3. The van der Waals surface area contributed by atoms with E-state index in [1.54, 1.807) is 13.0 Å². The van der Waals surface area contributed by atoms with Crippen molar-refractivity contribution >= 4 is 23.2 Å². The minimum Gasteiger partial charge on any atom is -0.371 e.